The lowest BCUT2D eigenvalue weighted by Gasteiger charge is -2.33. The molecule has 1 unspecified atom stereocenters. The van der Waals surface area contributed by atoms with Gasteiger partial charge in [0.1, 0.15) is 17.0 Å². The fourth-order valence-electron chi connectivity index (χ4n) is 3.85. The molecule has 0 bridgehead atoms. The van der Waals surface area contributed by atoms with Gasteiger partial charge in [-0.15, -0.1) is 11.3 Å². The van der Waals surface area contributed by atoms with Crippen LogP contribution in [0.5, 0.6) is 0 Å². The van der Waals surface area contributed by atoms with Crippen molar-refractivity contribution < 1.29 is 0 Å². The zero-order valence-electron chi connectivity index (χ0n) is 16.2. The van der Waals surface area contributed by atoms with Crippen LogP contribution >= 0.6 is 11.3 Å². The molecule has 1 aliphatic heterocycles. The molecular weight excluding hydrogens is 380 g/mol. The third-order valence-corrected chi connectivity index (χ3v) is 6.22. The lowest BCUT2D eigenvalue weighted by molar-refractivity contribution is 0.522. The van der Waals surface area contributed by atoms with Gasteiger partial charge in [-0.05, 0) is 31.4 Å². The van der Waals surface area contributed by atoms with E-state index in [0.29, 0.717) is 0 Å². The molecule has 1 N–H and O–H groups in total. The van der Waals surface area contributed by atoms with Crippen molar-refractivity contribution in [2.75, 3.05) is 23.3 Å². The zero-order valence-corrected chi connectivity index (χ0v) is 17.1. The van der Waals surface area contributed by atoms with Gasteiger partial charge in [0.05, 0.1) is 5.39 Å². The Balaban J connectivity index is 1.44. The van der Waals surface area contributed by atoms with E-state index in [2.05, 4.69) is 66.7 Å². The average molecular weight is 403 g/mol. The van der Waals surface area contributed by atoms with Crippen LogP contribution in [0.25, 0.3) is 21.3 Å². The van der Waals surface area contributed by atoms with Crippen LogP contribution in [0.4, 0.5) is 11.8 Å². The maximum Gasteiger partial charge on any atom is 0.225 e. The van der Waals surface area contributed by atoms with E-state index in [9.17, 15) is 0 Å². The van der Waals surface area contributed by atoms with Gasteiger partial charge in [-0.1, -0.05) is 29.8 Å². The maximum absolute atomic E-state index is 4.61. The van der Waals surface area contributed by atoms with Gasteiger partial charge in [-0.25, -0.2) is 19.9 Å². The Kier molecular flexibility index (Phi) is 4.81. The van der Waals surface area contributed by atoms with Crippen LogP contribution in [0.1, 0.15) is 18.4 Å². The summed E-state index contributed by atoms with van der Waals surface area (Å²) in [4.78, 5) is 21.2. The Labute approximate surface area is 173 Å². The number of rotatable bonds is 4. The highest BCUT2D eigenvalue weighted by Crippen LogP contribution is 2.37. The van der Waals surface area contributed by atoms with Crippen molar-refractivity contribution in [3.8, 4) is 11.1 Å². The van der Waals surface area contributed by atoms with E-state index in [0.717, 1.165) is 47.9 Å². The third kappa shape index (κ3) is 3.65. The van der Waals surface area contributed by atoms with Gasteiger partial charge in [0.25, 0.3) is 0 Å². The SMILES string of the molecule is Cc1ccc(-c2csc3ncnc(NC4CCCN(c5ncccn5)C4)c23)cc1. The molecule has 0 amide bonds. The first-order valence-corrected chi connectivity index (χ1v) is 10.7. The molecule has 5 rings (SSSR count). The van der Waals surface area contributed by atoms with E-state index in [-0.39, 0.29) is 6.04 Å². The molecular formula is C22H22N6S. The zero-order chi connectivity index (χ0) is 19.6. The number of aromatic nitrogens is 4. The molecule has 0 aliphatic carbocycles. The molecule has 0 saturated carbocycles. The van der Waals surface area contributed by atoms with Gasteiger partial charge in [0.15, 0.2) is 0 Å². The Morgan fingerprint density at radius 1 is 1.07 bits per heavy atom. The Morgan fingerprint density at radius 2 is 1.90 bits per heavy atom. The van der Waals surface area contributed by atoms with Crippen LogP contribution in [-0.4, -0.2) is 39.1 Å². The molecule has 1 aliphatic rings. The van der Waals surface area contributed by atoms with Gasteiger partial charge in [0, 0.05) is 42.5 Å². The minimum Gasteiger partial charge on any atom is -0.365 e. The summed E-state index contributed by atoms with van der Waals surface area (Å²) in [7, 11) is 0. The first kappa shape index (κ1) is 18.0. The van der Waals surface area contributed by atoms with Crippen molar-refractivity contribution in [1.29, 1.82) is 0 Å². The molecule has 0 spiro atoms. The van der Waals surface area contributed by atoms with Crippen molar-refractivity contribution in [3.63, 3.8) is 0 Å². The third-order valence-electron chi connectivity index (χ3n) is 5.33. The summed E-state index contributed by atoms with van der Waals surface area (Å²) < 4.78 is 0. The average Bonchev–Trinajstić information content (AvgIpc) is 3.20. The molecule has 29 heavy (non-hydrogen) atoms. The Hall–Kier alpha value is -3.06. The summed E-state index contributed by atoms with van der Waals surface area (Å²) in [6.07, 6.45) is 7.44. The van der Waals surface area contributed by atoms with Crippen LogP contribution in [0.3, 0.4) is 0 Å². The molecule has 1 fully saturated rings. The van der Waals surface area contributed by atoms with E-state index in [1.165, 1.54) is 16.7 Å². The highest BCUT2D eigenvalue weighted by Gasteiger charge is 2.23. The van der Waals surface area contributed by atoms with Gasteiger partial charge >= 0.3 is 0 Å². The van der Waals surface area contributed by atoms with Gasteiger partial charge in [0.2, 0.25) is 5.95 Å². The fraction of sp³-hybridized carbons (Fsp3) is 0.273. The highest BCUT2D eigenvalue weighted by atomic mass is 32.1. The first-order chi connectivity index (χ1) is 14.3. The molecule has 0 radical (unpaired) electrons. The van der Waals surface area contributed by atoms with Crippen molar-refractivity contribution in [2.45, 2.75) is 25.8 Å². The van der Waals surface area contributed by atoms with Crippen LogP contribution in [0.2, 0.25) is 0 Å². The number of hydrogen-bond acceptors (Lipinski definition) is 7. The Morgan fingerprint density at radius 3 is 2.72 bits per heavy atom. The van der Waals surface area contributed by atoms with Crippen LogP contribution in [-0.2, 0) is 0 Å². The quantitative estimate of drug-likeness (QED) is 0.541. The fourth-order valence-corrected chi connectivity index (χ4v) is 4.77. The number of aryl methyl sites for hydroxylation is 1. The number of anilines is 2. The van der Waals surface area contributed by atoms with Gasteiger partial charge in [-0.3, -0.25) is 0 Å². The van der Waals surface area contributed by atoms with E-state index >= 15 is 0 Å². The molecule has 6 nitrogen and oxygen atoms in total. The smallest absolute Gasteiger partial charge is 0.225 e. The van der Waals surface area contributed by atoms with Crippen LogP contribution in [0, 0.1) is 6.92 Å². The molecule has 1 aromatic carbocycles. The molecule has 3 aromatic heterocycles. The lowest BCUT2D eigenvalue weighted by atomic mass is 10.0. The summed E-state index contributed by atoms with van der Waals surface area (Å²) in [6.45, 7) is 3.95. The predicted molar refractivity (Wildman–Crippen MR) is 118 cm³/mol. The second-order valence-corrected chi connectivity index (χ2v) is 8.25. The molecule has 1 saturated heterocycles. The highest BCUT2D eigenvalue weighted by molar-refractivity contribution is 7.17. The largest absolute Gasteiger partial charge is 0.365 e. The molecule has 4 aromatic rings. The minimum atomic E-state index is 0.288. The molecule has 7 heteroatoms. The number of hydrogen-bond donors (Lipinski definition) is 1. The second kappa shape index (κ2) is 7.75. The molecule has 146 valence electrons. The first-order valence-electron chi connectivity index (χ1n) is 9.85. The lowest BCUT2D eigenvalue weighted by Crippen LogP contribution is -2.43. The number of nitrogens with zero attached hydrogens (tertiary/aromatic N) is 5. The summed E-state index contributed by atoms with van der Waals surface area (Å²) in [5.74, 6) is 1.70. The van der Waals surface area contributed by atoms with Gasteiger partial charge < -0.3 is 10.2 Å². The minimum absolute atomic E-state index is 0.288. The van der Waals surface area contributed by atoms with Crippen molar-refractivity contribution >= 4 is 33.3 Å². The van der Waals surface area contributed by atoms with Crippen molar-refractivity contribution in [2.24, 2.45) is 0 Å². The van der Waals surface area contributed by atoms with E-state index in [1.807, 2.05) is 6.07 Å². The topological polar surface area (TPSA) is 66.8 Å². The number of piperidine rings is 1. The normalized spacial score (nSPS) is 16.9. The molecule has 1 atom stereocenters. The van der Waals surface area contributed by atoms with E-state index < -0.39 is 0 Å². The van der Waals surface area contributed by atoms with Crippen molar-refractivity contribution in [1.82, 2.24) is 19.9 Å². The molecule has 4 heterocycles. The second-order valence-electron chi connectivity index (χ2n) is 7.40. The van der Waals surface area contributed by atoms with E-state index in [1.54, 1.807) is 30.1 Å². The summed E-state index contributed by atoms with van der Waals surface area (Å²) >= 11 is 1.67. The Bertz CT molecular complexity index is 1110. The van der Waals surface area contributed by atoms with Crippen molar-refractivity contribution in [3.05, 3.63) is 60.0 Å². The number of fused-ring (bicyclic) bond motifs is 1. The summed E-state index contributed by atoms with van der Waals surface area (Å²) in [6, 6.07) is 10.8. The van der Waals surface area contributed by atoms with E-state index in [4.69, 9.17) is 0 Å². The standard InChI is InChI=1S/C22H22N6S/c1-15-5-7-16(8-6-15)18-13-29-21-19(18)20(25-14-26-21)27-17-4-2-11-28(12-17)22-23-9-3-10-24-22/h3,5-10,13-14,17H,2,4,11-12H2,1H3,(H,25,26,27). The maximum atomic E-state index is 4.61. The monoisotopic (exact) mass is 402 g/mol. The van der Waals surface area contributed by atoms with Gasteiger partial charge in [-0.2, -0.15) is 0 Å². The number of benzene rings is 1. The summed E-state index contributed by atoms with van der Waals surface area (Å²) in [5.41, 5.74) is 3.64. The summed E-state index contributed by atoms with van der Waals surface area (Å²) in [5, 5.41) is 6.98. The predicted octanol–water partition coefficient (Wildman–Crippen LogP) is 4.54. The number of thiophene rings is 1. The van der Waals surface area contributed by atoms with Crippen LogP contribution in [0.15, 0.2) is 54.4 Å². The van der Waals surface area contributed by atoms with Crippen LogP contribution < -0.4 is 10.2 Å². The number of nitrogens with one attached hydrogen (secondary N) is 1.